The number of nitrogens with two attached hydrogens (primary N) is 1. The van der Waals surface area contributed by atoms with Gasteiger partial charge in [-0.3, -0.25) is 4.40 Å². The molecule has 0 unspecified atom stereocenters. The van der Waals surface area contributed by atoms with E-state index in [1.54, 1.807) is 0 Å². The fourth-order valence-electron chi connectivity index (χ4n) is 4.20. The summed E-state index contributed by atoms with van der Waals surface area (Å²) in [6.07, 6.45) is 5.16. The van der Waals surface area contributed by atoms with Crippen LogP contribution in [0.15, 0.2) is 72.9 Å². The molecule has 4 aromatic rings. The van der Waals surface area contributed by atoms with E-state index >= 15 is 0 Å². The van der Waals surface area contributed by atoms with Crippen molar-refractivity contribution in [1.82, 2.24) is 9.38 Å². The summed E-state index contributed by atoms with van der Waals surface area (Å²) >= 11 is 0. The molecule has 1 aliphatic carbocycles. The number of benzene rings is 2. The van der Waals surface area contributed by atoms with Crippen LogP contribution in [0.3, 0.4) is 0 Å². The van der Waals surface area contributed by atoms with Crippen molar-refractivity contribution in [2.24, 2.45) is 5.73 Å². The maximum atomic E-state index is 11.4. The monoisotopic (exact) mass is 427 g/mol. The van der Waals surface area contributed by atoms with E-state index in [4.69, 9.17) is 15.5 Å². The Morgan fingerprint density at radius 3 is 2.47 bits per heavy atom. The molecule has 0 spiro atoms. The largest absolute Gasteiger partial charge is 0.482 e. The van der Waals surface area contributed by atoms with Gasteiger partial charge in [0.1, 0.15) is 11.4 Å². The topological polar surface area (TPSA) is 78.8 Å². The van der Waals surface area contributed by atoms with Crippen LogP contribution >= 0.6 is 0 Å². The zero-order chi connectivity index (χ0) is 22.1. The summed E-state index contributed by atoms with van der Waals surface area (Å²) in [5.74, 6) is 0.132. The maximum absolute atomic E-state index is 11.4. The number of esters is 1. The molecule has 6 nitrogen and oxygen atoms in total. The minimum Gasteiger partial charge on any atom is -0.482 e. The van der Waals surface area contributed by atoms with Crippen molar-refractivity contribution < 1.29 is 14.3 Å². The SMILES string of the molecule is COC(=O)COc1ccn2c(-c3ccccc3)c(-c3ccc(C4(N)CCC4)cc3)nc2c1. The van der Waals surface area contributed by atoms with E-state index in [2.05, 4.69) is 41.1 Å². The summed E-state index contributed by atoms with van der Waals surface area (Å²) < 4.78 is 12.2. The molecule has 0 bridgehead atoms. The number of ether oxygens (including phenoxy) is 2. The highest BCUT2D eigenvalue weighted by atomic mass is 16.6. The number of aromatic nitrogens is 2. The zero-order valence-electron chi connectivity index (χ0n) is 18.0. The second kappa shape index (κ2) is 8.13. The molecule has 0 amide bonds. The molecule has 32 heavy (non-hydrogen) atoms. The molecular weight excluding hydrogens is 402 g/mol. The summed E-state index contributed by atoms with van der Waals surface area (Å²) in [5, 5.41) is 0. The molecule has 0 radical (unpaired) electrons. The quantitative estimate of drug-likeness (QED) is 0.457. The van der Waals surface area contributed by atoms with Crippen molar-refractivity contribution >= 4 is 11.6 Å². The molecule has 2 N–H and O–H groups in total. The van der Waals surface area contributed by atoms with Crippen LogP contribution in [-0.2, 0) is 15.1 Å². The van der Waals surface area contributed by atoms with Crippen molar-refractivity contribution in [1.29, 1.82) is 0 Å². The van der Waals surface area contributed by atoms with Crippen molar-refractivity contribution in [2.75, 3.05) is 13.7 Å². The van der Waals surface area contributed by atoms with Crippen LogP contribution in [0.5, 0.6) is 5.75 Å². The van der Waals surface area contributed by atoms with E-state index in [1.165, 1.54) is 19.1 Å². The molecule has 1 aliphatic rings. The smallest absolute Gasteiger partial charge is 0.343 e. The minimum atomic E-state index is -0.428. The summed E-state index contributed by atoms with van der Waals surface area (Å²) in [6.45, 7) is -0.145. The Labute approximate surface area is 186 Å². The summed E-state index contributed by atoms with van der Waals surface area (Å²) in [4.78, 5) is 16.4. The first-order valence-electron chi connectivity index (χ1n) is 10.7. The lowest BCUT2D eigenvalue weighted by Gasteiger charge is -2.38. The van der Waals surface area contributed by atoms with Crippen molar-refractivity contribution in [3.05, 3.63) is 78.5 Å². The Morgan fingerprint density at radius 2 is 1.81 bits per heavy atom. The van der Waals surface area contributed by atoms with Crippen LogP contribution < -0.4 is 10.5 Å². The third kappa shape index (κ3) is 3.63. The first-order valence-corrected chi connectivity index (χ1v) is 10.7. The highest BCUT2D eigenvalue weighted by Crippen LogP contribution is 2.40. The maximum Gasteiger partial charge on any atom is 0.343 e. The Bertz CT molecular complexity index is 1260. The second-order valence-corrected chi connectivity index (χ2v) is 8.22. The normalized spacial score (nSPS) is 14.7. The first-order chi connectivity index (χ1) is 15.6. The van der Waals surface area contributed by atoms with E-state index in [9.17, 15) is 4.79 Å². The van der Waals surface area contributed by atoms with E-state index in [0.717, 1.165) is 41.0 Å². The molecular formula is C26H25N3O3. The minimum absolute atomic E-state index is 0.145. The van der Waals surface area contributed by atoms with Crippen LogP contribution in [0.2, 0.25) is 0 Å². The highest BCUT2D eigenvalue weighted by molar-refractivity contribution is 5.82. The van der Waals surface area contributed by atoms with Gasteiger partial charge in [0, 0.05) is 28.9 Å². The Hall–Kier alpha value is -3.64. The van der Waals surface area contributed by atoms with Gasteiger partial charge in [-0.25, -0.2) is 9.78 Å². The number of pyridine rings is 1. The fraction of sp³-hybridized carbons (Fsp3) is 0.231. The molecule has 5 rings (SSSR count). The lowest BCUT2D eigenvalue weighted by atomic mass is 9.72. The number of rotatable bonds is 6. The first kappa shape index (κ1) is 20.3. The molecule has 0 aliphatic heterocycles. The molecule has 1 fully saturated rings. The molecule has 0 atom stereocenters. The van der Waals surface area contributed by atoms with Gasteiger partial charge < -0.3 is 15.2 Å². The van der Waals surface area contributed by atoms with Crippen molar-refractivity contribution in [3.8, 4) is 28.3 Å². The lowest BCUT2D eigenvalue weighted by molar-refractivity contribution is -0.142. The number of nitrogens with zero attached hydrogens (tertiary/aromatic N) is 2. The van der Waals surface area contributed by atoms with E-state index in [-0.39, 0.29) is 12.1 Å². The lowest BCUT2D eigenvalue weighted by Crippen LogP contribution is -2.43. The predicted octanol–water partition coefficient (Wildman–Crippen LogP) is 4.56. The number of imidazole rings is 1. The zero-order valence-corrected chi connectivity index (χ0v) is 18.0. The number of methoxy groups -OCH3 is 1. The van der Waals surface area contributed by atoms with E-state index in [0.29, 0.717) is 5.75 Å². The standard InChI is InChI=1S/C26H25N3O3/c1-31-23(30)17-32-21-12-15-29-22(16-21)28-24(25(29)19-6-3-2-4-7-19)18-8-10-20(11-9-18)26(27)13-5-14-26/h2-4,6-12,15-16H,5,13-14,17,27H2,1H3. The van der Waals surface area contributed by atoms with Crippen LogP contribution in [0, 0.1) is 0 Å². The molecule has 2 aromatic heterocycles. The number of carbonyl (C=O) groups is 1. The Balaban J connectivity index is 1.58. The van der Waals surface area contributed by atoms with Crippen LogP contribution in [0.4, 0.5) is 0 Å². The molecule has 1 saturated carbocycles. The number of hydrogen-bond donors (Lipinski definition) is 1. The van der Waals surface area contributed by atoms with Gasteiger partial charge in [-0.15, -0.1) is 0 Å². The van der Waals surface area contributed by atoms with Gasteiger partial charge >= 0.3 is 5.97 Å². The average molecular weight is 428 g/mol. The molecule has 2 heterocycles. The number of carbonyl (C=O) groups excluding carboxylic acids is 1. The third-order valence-corrected chi connectivity index (χ3v) is 6.21. The predicted molar refractivity (Wildman–Crippen MR) is 123 cm³/mol. The Kier molecular flexibility index (Phi) is 5.15. The fourth-order valence-corrected chi connectivity index (χ4v) is 4.20. The highest BCUT2D eigenvalue weighted by Gasteiger charge is 2.34. The van der Waals surface area contributed by atoms with Crippen molar-refractivity contribution in [3.63, 3.8) is 0 Å². The third-order valence-electron chi connectivity index (χ3n) is 6.21. The average Bonchev–Trinajstić information content (AvgIpc) is 3.20. The number of fused-ring (bicyclic) bond motifs is 1. The molecule has 162 valence electrons. The summed E-state index contributed by atoms with van der Waals surface area (Å²) in [5.41, 5.74) is 12.2. The van der Waals surface area contributed by atoms with Crippen LogP contribution in [0.25, 0.3) is 28.2 Å². The van der Waals surface area contributed by atoms with Crippen LogP contribution in [-0.4, -0.2) is 29.1 Å². The van der Waals surface area contributed by atoms with Gasteiger partial charge in [0.25, 0.3) is 0 Å². The summed E-state index contributed by atoms with van der Waals surface area (Å²) in [7, 11) is 1.34. The van der Waals surface area contributed by atoms with Gasteiger partial charge in [0.2, 0.25) is 0 Å². The van der Waals surface area contributed by atoms with Crippen molar-refractivity contribution in [2.45, 2.75) is 24.8 Å². The molecule has 2 aromatic carbocycles. The molecule has 6 heteroatoms. The van der Waals surface area contributed by atoms with Gasteiger partial charge in [0.05, 0.1) is 18.5 Å². The number of hydrogen-bond acceptors (Lipinski definition) is 5. The molecule has 0 saturated heterocycles. The Morgan fingerprint density at radius 1 is 1.06 bits per heavy atom. The van der Waals surface area contributed by atoms with Gasteiger partial charge in [-0.05, 0) is 30.9 Å². The van der Waals surface area contributed by atoms with E-state index < -0.39 is 5.97 Å². The van der Waals surface area contributed by atoms with E-state index in [1.807, 2.05) is 40.9 Å². The van der Waals surface area contributed by atoms with Gasteiger partial charge in [-0.1, -0.05) is 54.6 Å². The van der Waals surface area contributed by atoms with Crippen LogP contribution in [0.1, 0.15) is 24.8 Å². The van der Waals surface area contributed by atoms with Gasteiger partial charge in [0.15, 0.2) is 6.61 Å². The summed E-state index contributed by atoms with van der Waals surface area (Å²) in [6, 6.07) is 22.3. The van der Waals surface area contributed by atoms with Gasteiger partial charge in [-0.2, -0.15) is 0 Å². The second-order valence-electron chi connectivity index (χ2n) is 8.22.